The molecule has 13 heteroatoms. The van der Waals surface area contributed by atoms with E-state index in [0.717, 1.165) is 19.3 Å². The standard InChI is InChI=1S/C23H31F4NO7S/c24-22(25,5-6-34-20(31)21-10-13-7-14(11-21)9-15(8-13)12-21)23(26,27)36(32,33)35-28-18(29)16-3-1-2-4-17(16)19(28)30/h13-18,29H,1-12H2. The smallest absolute Gasteiger partial charge is 0.433 e. The minimum absolute atomic E-state index is 0.118. The number of fused-ring (bicyclic) bond motifs is 1. The summed E-state index contributed by atoms with van der Waals surface area (Å²) in [5.41, 5.74) is -0.773. The number of rotatable bonds is 8. The van der Waals surface area contributed by atoms with Crippen LogP contribution >= 0.6 is 0 Å². The zero-order valence-corrected chi connectivity index (χ0v) is 20.5. The molecule has 3 atom stereocenters. The number of hydroxylamine groups is 2. The van der Waals surface area contributed by atoms with Crippen molar-refractivity contribution in [1.82, 2.24) is 5.06 Å². The van der Waals surface area contributed by atoms with E-state index in [1.165, 1.54) is 0 Å². The van der Waals surface area contributed by atoms with Gasteiger partial charge in [-0.25, -0.2) is 0 Å². The number of carbonyl (C=O) groups excluding carboxylic acids is 2. The number of nitrogens with zero attached hydrogens (tertiary/aromatic N) is 1. The normalized spacial score (nSPS) is 38.4. The Hall–Kier alpha value is -1.47. The molecule has 0 radical (unpaired) electrons. The Balaban J connectivity index is 1.21. The van der Waals surface area contributed by atoms with Crippen molar-refractivity contribution in [2.45, 2.75) is 88.0 Å². The predicted octanol–water partition coefficient (Wildman–Crippen LogP) is 3.59. The lowest BCUT2D eigenvalue weighted by molar-refractivity contribution is -0.201. The van der Waals surface area contributed by atoms with Gasteiger partial charge < -0.3 is 9.84 Å². The van der Waals surface area contributed by atoms with E-state index in [9.17, 15) is 40.7 Å². The van der Waals surface area contributed by atoms with Crippen LogP contribution in [0.3, 0.4) is 0 Å². The summed E-state index contributed by atoms with van der Waals surface area (Å²) in [6.45, 7) is -1.09. The lowest BCUT2D eigenvalue weighted by Gasteiger charge is -2.55. The van der Waals surface area contributed by atoms with Crippen LogP contribution in [0.25, 0.3) is 0 Å². The molecule has 5 aliphatic carbocycles. The van der Waals surface area contributed by atoms with Crippen LogP contribution in [0, 0.1) is 35.0 Å². The van der Waals surface area contributed by atoms with Crippen molar-refractivity contribution in [3.05, 3.63) is 0 Å². The highest BCUT2D eigenvalue weighted by Gasteiger charge is 2.68. The number of aliphatic hydroxyl groups excluding tert-OH is 1. The zero-order valence-electron chi connectivity index (χ0n) is 19.7. The number of amides is 1. The summed E-state index contributed by atoms with van der Waals surface area (Å²) in [6, 6.07) is 0. The largest absolute Gasteiger partial charge is 0.465 e. The number of hydrogen-bond acceptors (Lipinski definition) is 7. The first-order chi connectivity index (χ1) is 16.8. The lowest BCUT2D eigenvalue weighted by Crippen LogP contribution is -2.52. The van der Waals surface area contributed by atoms with Crippen LogP contribution in [0.1, 0.15) is 70.6 Å². The average molecular weight is 542 g/mol. The molecular formula is C23H31F4NO7S. The fourth-order valence-corrected chi connectivity index (χ4v) is 8.57. The molecule has 204 valence electrons. The van der Waals surface area contributed by atoms with Gasteiger partial charge in [0.1, 0.15) is 0 Å². The van der Waals surface area contributed by atoms with E-state index < -0.39 is 69.7 Å². The number of ether oxygens (including phenoxy) is 1. The highest BCUT2D eigenvalue weighted by Crippen LogP contribution is 2.60. The molecule has 0 aromatic carbocycles. The molecule has 6 aliphatic rings. The molecule has 1 amide bonds. The maximum absolute atomic E-state index is 14.6. The Morgan fingerprint density at radius 1 is 1.03 bits per heavy atom. The number of aliphatic hydroxyl groups is 1. The summed E-state index contributed by atoms with van der Waals surface area (Å²) in [4.78, 5) is 25.2. The van der Waals surface area contributed by atoms with E-state index >= 15 is 0 Å². The second-order valence-corrected chi connectivity index (χ2v) is 13.0. The molecule has 0 spiro atoms. The fourth-order valence-electron chi connectivity index (χ4n) is 7.64. The number of hydrogen-bond donors (Lipinski definition) is 1. The van der Waals surface area contributed by atoms with Gasteiger partial charge >= 0.3 is 27.3 Å². The van der Waals surface area contributed by atoms with Crippen LogP contribution in [0.15, 0.2) is 0 Å². The molecule has 1 aliphatic heterocycles. The van der Waals surface area contributed by atoms with E-state index in [-0.39, 0.29) is 5.06 Å². The summed E-state index contributed by atoms with van der Waals surface area (Å²) in [7, 11) is -6.38. The first kappa shape index (κ1) is 26.1. The van der Waals surface area contributed by atoms with Gasteiger partial charge in [-0.3, -0.25) is 9.59 Å². The zero-order chi connectivity index (χ0) is 26.1. The van der Waals surface area contributed by atoms with Gasteiger partial charge in [0.25, 0.3) is 5.91 Å². The fraction of sp³-hybridized carbons (Fsp3) is 0.913. The van der Waals surface area contributed by atoms with Gasteiger partial charge in [-0.05, 0) is 69.1 Å². The molecule has 0 aromatic heterocycles. The molecule has 36 heavy (non-hydrogen) atoms. The number of halogens is 4. The van der Waals surface area contributed by atoms with E-state index in [2.05, 4.69) is 4.28 Å². The van der Waals surface area contributed by atoms with Crippen molar-refractivity contribution in [3.8, 4) is 0 Å². The predicted molar refractivity (Wildman–Crippen MR) is 114 cm³/mol. The van der Waals surface area contributed by atoms with E-state index in [4.69, 9.17) is 4.74 Å². The molecule has 3 unspecified atom stereocenters. The summed E-state index contributed by atoms with van der Waals surface area (Å²) in [5.74, 6) is -7.28. The molecule has 4 bridgehead atoms. The maximum atomic E-state index is 14.6. The Kier molecular flexibility index (Phi) is 6.39. The van der Waals surface area contributed by atoms with Gasteiger partial charge in [-0.15, -0.1) is 4.28 Å². The number of alkyl halides is 4. The van der Waals surface area contributed by atoms with E-state index in [1.807, 2.05) is 0 Å². The van der Waals surface area contributed by atoms with Crippen molar-refractivity contribution >= 4 is 22.0 Å². The Morgan fingerprint density at radius 3 is 2.14 bits per heavy atom. The third-order valence-electron chi connectivity index (χ3n) is 9.02. The maximum Gasteiger partial charge on any atom is 0.433 e. The van der Waals surface area contributed by atoms with Crippen molar-refractivity contribution in [2.24, 2.45) is 35.0 Å². The summed E-state index contributed by atoms with van der Waals surface area (Å²) >= 11 is 0. The first-order valence-electron chi connectivity index (χ1n) is 12.6. The molecule has 6 fully saturated rings. The Bertz CT molecular complexity index is 985. The van der Waals surface area contributed by atoms with Crippen molar-refractivity contribution in [1.29, 1.82) is 0 Å². The van der Waals surface area contributed by atoms with Crippen LogP contribution in [-0.4, -0.2) is 54.5 Å². The third-order valence-corrected chi connectivity index (χ3v) is 10.3. The van der Waals surface area contributed by atoms with Gasteiger partial charge in [0.05, 0.1) is 18.4 Å². The SMILES string of the molecule is O=C1C2CCCCC2C(O)N1OS(=O)(=O)C(F)(F)C(F)(F)CCOC(=O)C12CC3CC(CC(C3)C1)C2. The molecule has 0 aromatic rings. The monoisotopic (exact) mass is 541 g/mol. The van der Waals surface area contributed by atoms with Crippen LogP contribution in [0.5, 0.6) is 0 Å². The van der Waals surface area contributed by atoms with Gasteiger partial charge in [-0.2, -0.15) is 31.0 Å². The minimum atomic E-state index is -6.38. The molecule has 5 saturated carbocycles. The molecular weight excluding hydrogens is 510 g/mol. The highest BCUT2D eigenvalue weighted by molar-refractivity contribution is 7.87. The molecule has 6 rings (SSSR count). The van der Waals surface area contributed by atoms with Crippen molar-refractivity contribution < 1.29 is 49.7 Å². The van der Waals surface area contributed by atoms with E-state index in [1.54, 1.807) is 0 Å². The quantitative estimate of drug-likeness (QED) is 0.369. The van der Waals surface area contributed by atoms with Gasteiger partial charge in [-0.1, -0.05) is 12.8 Å². The second kappa shape index (κ2) is 8.79. The van der Waals surface area contributed by atoms with Crippen molar-refractivity contribution in [2.75, 3.05) is 6.61 Å². The number of esters is 1. The number of carbonyl (C=O) groups is 2. The third kappa shape index (κ3) is 4.13. The van der Waals surface area contributed by atoms with Crippen LogP contribution in [0.2, 0.25) is 0 Å². The average Bonchev–Trinajstić information content (AvgIpc) is 3.02. The van der Waals surface area contributed by atoms with Crippen LogP contribution in [0.4, 0.5) is 17.6 Å². The minimum Gasteiger partial charge on any atom is -0.465 e. The molecule has 1 N–H and O–H groups in total. The molecule has 1 saturated heterocycles. The first-order valence-corrected chi connectivity index (χ1v) is 14.1. The second-order valence-electron chi connectivity index (χ2n) is 11.5. The molecule has 1 heterocycles. The topological polar surface area (TPSA) is 110 Å². The van der Waals surface area contributed by atoms with Gasteiger partial charge in [0.15, 0.2) is 6.23 Å². The molecule has 8 nitrogen and oxygen atoms in total. The summed E-state index contributed by atoms with van der Waals surface area (Å²) in [5, 5.41) is 4.38. The van der Waals surface area contributed by atoms with Crippen LogP contribution in [-0.2, 0) is 28.7 Å². The van der Waals surface area contributed by atoms with E-state index in [0.29, 0.717) is 62.7 Å². The van der Waals surface area contributed by atoms with Gasteiger partial charge in [0, 0.05) is 11.8 Å². The van der Waals surface area contributed by atoms with Gasteiger partial charge in [0.2, 0.25) is 0 Å². The summed E-state index contributed by atoms with van der Waals surface area (Å²) < 4.78 is 91.7. The highest BCUT2D eigenvalue weighted by atomic mass is 32.2. The lowest BCUT2D eigenvalue weighted by atomic mass is 9.49. The Morgan fingerprint density at radius 2 is 1.58 bits per heavy atom. The Labute approximate surface area is 206 Å². The van der Waals surface area contributed by atoms with Crippen molar-refractivity contribution in [3.63, 3.8) is 0 Å². The van der Waals surface area contributed by atoms with Crippen LogP contribution < -0.4 is 0 Å². The summed E-state index contributed by atoms with van der Waals surface area (Å²) in [6.07, 6.45) is 3.23.